The lowest BCUT2D eigenvalue weighted by Crippen LogP contribution is -2.32. The van der Waals surface area contributed by atoms with Gasteiger partial charge in [0, 0.05) is 22.7 Å². The number of halogens is 1. The fourth-order valence-corrected chi connectivity index (χ4v) is 4.01. The second-order valence-electron chi connectivity index (χ2n) is 7.41. The first-order chi connectivity index (χ1) is 15.1. The van der Waals surface area contributed by atoms with Gasteiger partial charge in [-0.25, -0.2) is 19.9 Å². The molecule has 1 saturated heterocycles. The van der Waals surface area contributed by atoms with E-state index in [1.54, 1.807) is 6.20 Å². The van der Waals surface area contributed by atoms with Crippen molar-refractivity contribution in [3.05, 3.63) is 41.3 Å². The summed E-state index contributed by atoms with van der Waals surface area (Å²) in [4.78, 5) is 31.5. The second kappa shape index (κ2) is 9.97. The second-order valence-corrected chi connectivity index (χ2v) is 8.33. The first-order valence-electron chi connectivity index (χ1n) is 10.2. The zero-order valence-corrected chi connectivity index (χ0v) is 18.8. The van der Waals surface area contributed by atoms with Crippen LogP contribution in [-0.4, -0.2) is 63.6 Å². The van der Waals surface area contributed by atoms with E-state index in [0.29, 0.717) is 29.3 Å². The molecular formula is C21H24BrN7O2. The van der Waals surface area contributed by atoms with Gasteiger partial charge in [-0.3, -0.25) is 9.69 Å². The van der Waals surface area contributed by atoms with E-state index in [9.17, 15) is 4.79 Å². The lowest BCUT2D eigenvalue weighted by Gasteiger charge is -2.19. The molecule has 0 aliphatic carbocycles. The number of carbonyl (C=O) groups excluding carboxylic acids is 1. The highest BCUT2D eigenvalue weighted by molar-refractivity contribution is 9.10. The lowest BCUT2D eigenvalue weighted by atomic mass is 10.1. The van der Waals surface area contributed by atoms with Crippen LogP contribution < -0.4 is 10.6 Å². The molecule has 4 rings (SSSR count). The van der Waals surface area contributed by atoms with Crippen molar-refractivity contribution in [1.29, 1.82) is 0 Å². The van der Waals surface area contributed by atoms with Crippen molar-refractivity contribution < 1.29 is 9.53 Å². The van der Waals surface area contributed by atoms with Gasteiger partial charge in [0.2, 0.25) is 5.95 Å². The number of ether oxygens (including phenoxy) is 1. The Morgan fingerprint density at radius 2 is 2.16 bits per heavy atom. The number of fused-ring (bicyclic) bond motifs is 1. The molecule has 1 unspecified atom stereocenters. The number of benzene rings is 1. The summed E-state index contributed by atoms with van der Waals surface area (Å²) in [6, 6.07) is 8.08. The summed E-state index contributed by atoms with van der Waals surface area (Å²) < 4.78 is 5.76. The van der Waals surface area contributed by atoms with Crippen molar-refractivity contribution in [3.63, 3.8) is 0 Å². The Hall–Kier alpha value is -2.85. The third-order valence-corrected chi connectivity index (χ3v) is 5.69. The summed E-state index contributed by atoms with van der Waals surface area (Å²) in [6.07, 6.45) is 6.07. The Kier molecular flexibility index (Phi) is 6.88. The number of nitrogens with zero attached hydrogens (tertiary/aromatic N) is 5. The van der Waals surface area contributed by atoms with Crippen LogP contribution in [0.15, 0.2) is 41.3 Å². The summed E-state index contributed by atoms with van der Waals surface area (Å²) in [7, 11) is 1.42. The molecule has 1 aromatic carbocycles. The Morgan fingerprint density at radius 3 is 3.00 bits per heavy atom. The van der Waals surface area contributed by atoms with Crippen molar-refractivity contribution in [2.75, 3.05) is 37.4 Å². The number of aromatic nitrogens is 4. The first-order valence-corrected chi connectivity index (χ1v) is 11.0. The van der Waals surface area contributed by atoms with Crippen LogP contribution in [-0.2, 0) is 9.53 Å². The normalized spacial score (nSPS) is 17.2. The van der Waals surface area contributed by atoms with Crippen LogP contribution in [0.2, 0.25) is 0 Å². The summed E-state index contributed by atoms with van der Waals surface area (Å²) in [5, 5.41) is 6.75. The van der Waals surface area contributed by atoms with Gasteiger partial charge in [-0.2, -0.15) is 0 Å². The minimum Gasteiger partial charge on any atom is -0.468 e. The highest BCUT2D eigenvalue weighted by Crippen LogP contribution is 2.24. The van der Waals surface area contributed by atoms with Crippen LogP contribution in [0.3, 0.4) is 0 Å². The maximum atomic E-state index is 11.6. The minimum absolute atomic E-state index is 0.199. The average Bonchev–Trinajstić information content (AvgIpc) is 2.99. The molecule has 0 saturated carbocycles. The van der Waals surface area contributed by atoms with E-state index in [-0.39, 0.29) is 12.0 Å². The van der Waals surface area contributed by atoms with Gasteiger partial charge >= 0.3 is 5.97 Å². The summed E-state index contributed by atoms with van der Waals surface area (Å²) in [5.41, 5.74) is 2.22. The van der Waals surface area contributed by atoms with Gasteiger partial charge in [0.05, 0.1) is 19.9 Å². The van der Waals surface area contributed by atoms with Crippen molar-refractivity contribution in [2.45, 2.75) is 25.3 Å². The predicted molar refractivity (Wildman–Crippen MR) is 122 cm³/mol. The fraction of sp³-hybridized carbons (Fsp3) is 0.381. The number of esters is 1. The first kappa shape index (κ1) is 21.4. The number of anilines is 3. The van der Waals surface area contributed by atoms with E-state index < -0.39 is 0 Å². The van der Waals surface area contributed by atoms with Crippen LogP contribution >= 0.6 is 15.9 Å². The van der Waals surface area contributed by atoms with E-state index in [1.165, 1.54) is 13.4 Å². The molecule has 2 aromatic heterocycles. The van der Waals surface area contributed by atoms with Crippen LogP contribution in [0, 0.1) is 0 Å². The number of hydrogen-bond donors (Lipinski definition) is 2. The number of carbonyl (C=O) groups is 1. The topological polar surface area (TPSA) is 105 Å². The highest BCUT2D eigenvalue weighted by Gasteiger charge is 2.20. The number of rotatable bonds is 6. The fourth-order valence-electron chi connectivity index (χ4n) is 3.61. The van der Waals surface area contributed by atoms with Gasteiger partial charge in [-0.05, 0) is 44.0 Å². The number of hydrogen-bond acceptors (Lipinski definition) is 9. The van der Waals surface area contributed by atoms with Gasteiger partial charge in [-0.1, -0.05) is 22.0 Å². The smallest absolute Gasteiger partial charge is 0.319 e. The molecule has 1 aliphatic heterocycles. The van der Waals surface area contributed by atoms with Crippen molar-refractivity contribution in [2.24, 2.45) is 0 Å². The third kappa shape index (κ3) is 5.65. The predicted octanol–water partition coefficient (Wildman–Crippen LogP) is 3.37. The van der Waals surface area contributed by atoms with E-state index in [0.717, 1.165) is 42.5 Å². The van der Waals surface area contributed by atoms with Crippen LogP contribution in [0.25, 0.3) is 11.0 Å². The molecule has 9 nitrogen and oxygen atoms in total. The molecule has 3 aromatic rings. The van der Waals surface area contributed by atoms with Crippen molar-refractivity contribution >= 4 is 50.4 Å². The van der Waals surface area contributed by atoms with Crippen LogP contribution in [0.5, 0.6) is 0 Å². The third-order valence-electron chi connectivity index (χ3n) is 5.20. The minimum atomic E-state index is -0.199. The zero-order chi connectivity index (χ0) is 21.6. The van der Waals surface area contributed by atoms with E-state index in [1.807, 2.05) is 24.3 Å². The number of nitrogens with one attached hydrogen (secondary N) is 2. The molecule has 0 amide bonds. The maximum absolute atomic E-state index is 11.6. The summed E-state index contributed by atoms with van der Waals surface area (Å²) >= 11 is 3.48. The molecule has 1 fully saturated rings. The molecule has 10 heteroatoms. The van der Waals surface area contributed by atoms with Gasteiger partial charge < -0.3 is 15.4 Å². The molecule has 1 atom stereocenters. The lowest BCUT2D eigenvalue weighted by molar-refractivity contribution is -0.141. The average molecular weight is 486 g/mol. The summed E-state index contributed by atoms with van der Waals surface area (Å²) in [6.45, 7) is 2.03. The zero-order valence-electron chi connectivity index (χ0n) is 17.2. The van der Waals surface area contributed by atoms with Gasteiger partial charge in [-0.15, -0.1) is 0 Å². The van der Waals surface area contributed by atoms with E-state index in [4.69, 9.17) is 4.74 Å². The van der Waals surface area contributed by atoms with Gasteiger partial charge in [0.1, 0.15) is 17.4 Å². The van der Waals surface area contributed by atoms with Crippen molar-refractivity contribution in [3.8, 4) is 0 Å². The molecule has 0 radical (unpaired) electrons. The maximum Gasteiger partial charge on any atom is 0.319 e. The Labute approximate surface area is 188 Å². The Bertz CT molecular complexity index is 1060. The van der Waals surface area contributed by atoms with E-state index in [2.05, 4.69) is 51.4 Å². The Morgan fingerprint density at radius 1 is 1.26 bits per heavy atom. The van der Waals surface area contributed by atoms with Crippen molar-refractivity contribution in [1.82, 2.24) is 24.8 Å². The molecule has 2 N–H and O–H groups in total. The molecule has 0 bridgehead atoms. The molecule has 0 spiro atoms. The largest absolute Gasteiger partial charge is 0.468 e. The number of methoxy groups -OCH3 is 1. The van der Waals surface area contributed by atoms with Gasteiger partial charge in [0.15, 0.2) is 5.82 Å². The number of likely N-dealkylation sites (tertiary alicyclic amines) is 1. The molecule has 31 heavy (non-hydrogen) atoms. The standard InChI is InChI=1S/C21H24BrN7O2/c1-31-18(30)12-29-8-3-6-15(7-9-29)27-21-23-11-17-19(28-21)20(25-13-24-17)26-16-5-2-4-14(22)10-16/h2,4-5,10-11,13,15H,3,6-9,12H2,1H3,(H,23,27,28)(H,24,25,26). The van der Waals surface area contributed by atoms with Crippen LogP contribution in [0.1, 0.15) is 19.3 Å². The quantitative estimate of drug-likeness (QED) is 0.508. The SMILES string of the molecule is COC(=O)CN1CCCC(Nc2ncc3ncnc(Nc4cccc(Br)c4)c3n2)CC1. The molecular weight excluding hydrogens is 462 g/mol. The monoisotopic (exact) mass is 485 g/mol. The van der Waals surface area contributed by atoms with Crippen LogP contribution in [0.4, 0.5) is 17.5 Å². The van der Waals surface area contributed by atoms with Gasteiger partial charge in [0.25, 0.3) is 0 Å². The summed E-state index contributed by atoms with van der Waals surface area (Å²) in [5.74, 6) is 0.972. The molecule has 3 heterocycles. The van der Waals surface area contributed by atoms with E-state index >= 15 is 0 Å². The molecule has 162 valence electrons. The molecule has 1 aliphatic rings. The Balaban J connectivity index is 1.48. The highest BCUT2D eigenvalue weighted by atomic mass is 79.9.